The smallest absolute Gasteiger partial charge is 0.123 e. The summed E-state index contributed by atoms with van der Waals surface area (Å²) in [5.74, 6) is 0.522. The molecule has 0 unspecified atom stereocenters. The van der Waals surface area contributed by atoms with Crippen molar-refractivity contribution in [2.75, 3.05) is 0 Å². The van der Waals surface area contributed by atoms with E-state index in [9.17, 15) is 4.39 Å². The number of nitrogens with zero attached hydrogens (tertiary/aromatic N) is 1. The zero-order chi connectivity index (χ0) is 16.5. The normalized spacial score (nSPS) is 11.2. The Morgan fingerprint density at radius 3 is 2.75 bits per heavy atom. The summed E-state index contributed by atoms with van der Waals surface area (Å²) in [4.78, 5) is 4.40. The van der Waals surface area contributed by atoms with E-state index >= 15 is 0 Å². The molecular formula is C18H13ClFN3S. The van der Waals surface area contributed by atoms with Gasteiger partial charge in [0.1, 0.15) is 5.82 Å². The average Bonchev–Trinajstić information content (AvgIpc) is 3.20. The first-order valence-electron chi connectivity index (χ1n) is 7.39. The van der Waals surface area contributed by atoms with Crippen molar-refractivity contribution in [2.24, 2.45) is 0 Å². The second-order valence-electron chi connectivity index (χ2n) is 5.42. The number of thioether (sulfide) groups is 1. The van der Waals surface area contributed by atoms with Gasteiger partial charge in [-0.2, -0.15) is 5.10 Å². The zero-order valence-electron chi connectivity index (χ0n) is 12.5. The minimum Gasteiger partial charge on any atom is -0.360 e. The Hall–Kier alpha value is -2.24. The van der Waals surface area contributed by atoms with Gasteiger partial charge in [0.05, 0.1) is 5.69 Å². The highest BCUT2D eigenvalue weighted by molar-refractivity contribution is 7.98. The van der Waals surface area contributed by atoms with Crippen LogP contribution in [0.2, 0.25) is 5.02 Å². The van der Waals surface area contributed by atoms with Gasteiger partial charge in [-0.05, 0) is 42.5 Å². The number of aromatic amines is 2. The SMILES string of the molecule is Fc1ccc(-c2cc(CSc3c[nH]c4cc(Cl)ccc34)[nH]n2)cc1. The summed E-state index contributed by atoms with van der Waals surface area (Å²) in [5.41, 5.74) is 3.76. The van der Waals surface area contributed by atoms with Gasteiger partial charge in [0.2, 0.25) is 0 Å². The van der Waals surface area contributed by atoms with E-state index < -0.39 is 0 Å². The van der Waals surface area contributed by atoms with Gasteiger partial charge in [-0.3, -0.25) is 5.10 Å². The maximum absolute atomic E-state index is 13.0. The van der Waals surface area contributed by atoms with Gasteiger partial charge in [-0.1, -0.05) is 17.7 Å². The van der Waals surface area contributed by atoms with Crippen LogP contribution in [-0.2, 0) is 5.75 Å². The van der Waals surface area contributed by atoms with E-state index in [2.05, 4.69) is 15.2 Å². The molecular weight excluding hydrogens is 345 g/mol. The molecule has 2 aromatic carbocycles. The third-order valence-electron chi connectivity index (χ3n) is 3.76. The Bertz CT molecular complexity index is 991. The van der Waals surface area contributed by atoms with Crippen molar-refractivity contribution in [3.8, 4) is 11.3 Å². The molecule has 2 heterocycles. The fourth-order valence-corrected chi connectivity index (χ4v) is 3.66. The molecule has 0 aliphatic rings. The predicted molar refractivity (Wildman–Crippen MR) is 96.9 cm³/mol. The fraction of sp³-hybridized carbons (Fsp3) is 0.0556. The lowest BCUT2D eigenvalue weighted by atomic mass is 10.1. The van der Waals surface area contributed by atoms with Crippen LogP contribution in [0.1, 0.15) is 5.69 Å². The summed E-state index contributed by atoms with van der Waals surface area (Å²) in [6.45, 7) is 0. The van der Waals surface area contributed by atoms with Gasteiger partial charge in [-0.15, -0.1) is 11.8 Å². The lowest BCUT2D eigenvalue weighted by Crippen LogP contribution is -1.79. The number of H-pyrrole nitrogens is 2. The topological polar surface area (TPSA) is 44.5 Å². The molecule has 0 aliphatic heterocycles. The van der Waals surface area contributed by atoms with Crippen LogP contribution in [0.4, 0.5) is 4.39 Å². The van der Waals surface area contributed by atoms with E-state index in [1.807, 2.05) is 30.5 Å². The highest BCUT2D eigenvalue weighted by Crippen LogP contribution is 2.31. The molecule has 2 N–H and O–H groups in total. The monoisotopic (exact) mass is 357 g/mol. The fourth-order valence-electron chi connectivity index (χ4n) is 2.55. The van der Waals surface area contributed by atoms with Crippen molar-refractivity contribution in [3.63, 3.8) is 0 Å². The van der Waals surface area contributed by atoms with Crippen molar-refractivity contribution in [2.45, 2.75) is 10.6 Å². The van der Waals surface area contributed by atoms with Gasteiger partial charge in [0.15, 0.2) is 0 Å². The number of aromatic nitrogens is 3. The molecule has 0 fully saturated rings. The van der Waals surface area contributed by atoms with Crippen LogP contribution >= 0.6 is 23.4 Å². The Morgan fingerprint density at radius 2 is 1.92 bits per heavy atom. The summed E-state index contributed by atoms with van der Waals surface area (Å²) in [6, 6.07) is 14.2. The number of hydrogen-bond donors (Lipinski definition) is 2. The lowest BCUT2D eigenvalue weighted by Gasteiger charge is -1.98. The minimum atomic E-state index is -0.246. The van der Waals surface area contributed by atoms with Crippen molar-refractivity contribution < 1.29 is 4.39 Å². The summed E-state index contributed by atoms with van der Waals surface area (Å²) in [6.07, 6.45) is 1.99. The Balaban J connectivity index is 1.50. The predicted octanol–water partition coefficient (Wildman–Crippen LogP) is 5.64. The molecule has 0 amide bonds. The first kappa shape index (κ1) is 15.3. The molecule has 120 valence electrons. The molecule has 4 aromatic rings. The molecule has 2 aromatic heterocycles. The van der Waals surface area contributed by atoms with Crippen LogP contribution in [0.5, 0.6) is 0 Å². The number of hydrogen-bond acceptors (Lipinski definition) is 2. The first-order valence-corrected chi connectivity index (χ1v) is 8.75. The van der Waals surface area contributed by atoms with Gasteiger partial charge in [0, 0.05) is 44.0 Å². The summed E-state index contributed by atoms with van der Waals surface area (Å²) in [5, 5.41) is 9.22. The van der Waals surface area contributed by atoms with E-state index in [1.165, 1.54) is 17.0 Å². The molecule has 0 saturated carbocycles. The van der Waals surface area contributed by atoms with Crippen LogP contribution in [0, 0.1) is 5.82 Å². The quantitative estimate of drug-likeness (QED) is 0.464. The zero-order valence-corrected chi connectivity index (χ0v) is 14.1. The highest BCUT2D eigenvalue weighted by atomic mass is 35.5. The van der Waals surface area contributed by atoms with Gasteiger partial charge < -0.3 is 4.98 Å². The van der Waals surface area contributed by atoms with Gasteiger partial charge in [0.25, 0.3) is 0 Å². The maximum atomic E-state index is 13.0. The van der Waals surface area contributed by atoms with Crippen LogP contribution in [-0.4, -0.2) is 15.2 Å². The van der Waals surface area contributed by atoms with Crippen molar-refractivity contribution in [1.29, 1.82) is 0 Å². The van der Waals surface area contributed by atoms with E-state index in [1.54, 1.807) is 23.9 Å². The van der Waals surface area contributed by atoms with Crippen LogP contribution < -0.4 is 0 Å². The Kier molecular flexibility index (Phi) is 4.04. The number of nitrogens with one attached hydrogen (secondary N) is 2. The van der Waals surface area contributed by atoms with E-state index in [0.29, 0.717) is 0 Å². The number of benzene rings is 2. The number of fused-ring (bicyclic) bond motifs is 1. The minimum absolute atomic E-state index is 0.246. The molecule has 24 heavy (non-hydrogen) atoms. The largest absolute Gasteiger partial charge is 0.360 e. The second kappa shape index (κ2) is 6.34. The summed E-state index contributed by atoms with van der Waals surface area (Å²) >= 11 is 7.73. The molecule has 4 rings (SSSR count). The molecule has 0 atom stereocenters. The van der Waals surface area contributed by atoms with E-state index in [4.69, 9.17) is 11.6 Å². The lowest BCUT2D eigenvalue weighted by molar-refractivity contribution is 0.628. The first-order chi connectivity index (χ1) is 11.7. The molecule has 0 aliphatic carbocycles. The van der Waals surface area contributed by atoms with Crippen LogP contribution in [0.3, 0.4) is 0 Å². The third-order valence-corrected chi connectivity index (χ3v) is 5.10. The molecule has 0 saturated heterocycles. The number of rotatable bonds is 4. The average molecular weight is 358 g/mol. The molecule has 0 spiro atoms. The molecule has 6 heteroatoms. The van der Waals surface area contributed by atoms with Gasteiger partial charge >= 0.3 is 0 Å². The van der Waals surface area contributed by atoms with Crippen molar-refractivity contribution in [3.05, 3.63) is 71.3 Å². The van der Waals surface area contributed by atoms with Gasteiger partial charge in [-0.25, -0.2) is 4.39 Å². The standard InChI is InChI=1S/C18H13ClFN3S/c19-12-3-6-15-17(7-12)21-9-18(15)24-10-14-8-16(23-22-14)11-1-4-13(20)5-2-11/h1-9,21H,10H2,(H,22,23). The van der Waals surface area contributed by atoms with Crippen molar-refractivity contribution >= 4 is 34.3 Å². The van der Waals surface area contributed by atoms with Crippen LogP contribution in [0.15, 0.2) is 59.6 Å². The van der Waals surface area contributed by atoms with Crippen LogP contribution in [0.25, 0.3) is 22.2 Å². The summed E-state index contributed by atoms with van der Waals surface area (Å²) in [7, 11) is 0. The molecule has 3 nitrogen and oxygen atoms in total. The van der Waals surface area contributed by atoms with Crippen molar-refractivity contribution in [1.82, 2.24) is 15.2 Å². The third kappa shape index (κ3) is 3.05. The van der Waals surface area contributed by atoms with E-state index in [0.717, 1.165) is 38.6 Å². The Labute approximate surface area is 147 Å². The van der Waals surface area contributed by atoms with E-state index in [-0.39, 0.29) is 5.82 Å². The molecule has 0 bridgehead atoms. The highest BCUT2D eigenvalue weighted by Gasteiger charge is 2.08. The molecule has 0 radical (unpaired) electrons. The Morgan fingerprint density at radius 1 is 1.08 bits per heavy atom. The second-order valence-corrected chi connectivity index (χ2v) is 6.87. The maximum Gasteiger partial charge on any atom is 0.123 e. The summed E-state index contributed by atoms with van der Waals surface area (Å²) < 4.78 is 13.0. The number of halogens is 2.